The number of methoxy groups -OCH3 is 1. The van der Waals surface area contributed by atoms with Crippen LogP contribution in [0.2, 0.25) is 0 Å². The maximum absolute atomic E-state index is 13.2. The van der Waals surface area contributed by atoms with Crippen molar-refractivity contribution in [3.05, 3.63) is 97.0 Å². The average Bonchev–Trinajstić information content (AvgIpc) is 2.67. The summed E-state index contributed by atoms with van der Waals surface area (Å²) >= 11 is 3.25. The van der Waals surface area contributed by atoms with Gasteiger partial charge in [0.15, 0.2) is 0 Å². The second-order valence-corrected chi connectivity index (χ2v) is 6.99. The fraction of sp³-hybridized carbons (Fsp3) is 0.200. The van der Waals surface area contributed by atoms with E-state index in [1.165, 1.54) is 27.5 Å². The number of aromatic nitrogens is 2. The maximum Gasteiger partial charge on any atom is 0.331 e. The molecule has 0 bridgehead atoms. The topological polar surface area (TPSA) is 53.2 Å². The predicted molar refractivity (Wildman–Crippen MR) is 105 cm³/mol. The molecule has 0 fully saturated rings. The average molecular weight is 433 g/mol. The molecule has 0 aliphatic heterocycles. The summed E-state index contributed by atoms with van der Waals surface area (Å²) in [5.74, 6) is 0.353. The Hall–Kier alpha value is -2.67. The van der Waals surface area contributed by atoms with Crippen molar-refractivity contribution >= 4 is 15.9 Å². The first kappa shape index (κ1) is 19.1. The van der Waals surface area contributed by atoms with Gasteiger partial charge in [0.25, 0.3) is 5.56 Å². The van der Waals surface area contributed by atoms with Crippen molar-refractivity contribution in [1.82, 2.24) is 9.13 Å². The van der Waals surface area contributed by atoms with E-state index in [0.717, 1.165) is 11.3 Å². The SMILES string of the molecule is COc1ccc(Cn2cc(Br)c(=O)n(C(C)c3ccc(F)cc3)c2=O)cc1. The molecule has 0 saturated heterocycles. The Morgan fingerprint density at radius 3 is 2.30 bits per heavy atom. The summed E-state index contributed by atoms with van der Waals surface area (Å²) in [6, 6.07) is 12.6. The van der Waals surface area contributed by atoms with Gasteiger partial charge in [0, 0.05) is 6.20 Å². The van der Waals surface area contributed by atoms with E-state index in [-0.39, 0.29) is 10.3 Å². The highest BCUT2D eigenvalue weighted by molar-refractivity contribution is 9.10. The molecule has 7 heteroatoms. The van der Waals surface area contributed by atoms with Gasteiger partial charge in [0.05, 0.1) is 24.2 Å². The van der Waals surface area contributed by atoms with E-state index in [0.29, 0.717) is 12.1 Å². The van der Waals surface area contributed by atoms with Crippen molar-refractivity contribution in [1.29, 1.82) is 0 Å². The molecule has 0 amide bonds. The smallest absolute Gasteiger partial charge is 0.331 e. The van der Waals surface area contributed by atoms with Crippen molar-refractivity contribution < 1.29 is 9.13 Å². The molecule has 1 atom stereocenters. The van der Waals surface area contributed by atoms with E-state index in [4.69, 9.17) is 4.74 Å². The Balaban J connectivity index is 2.03. The summed E-state index contributed by atoms with van der Waals surface area (Å²) in [6.45, 7) is 2.04. The third-order valence-electron chi connectivity index (χ3n) is 4.40. The van der Waals surface area contributed by atoms with Gasteiger partial charge in [-0.25, -0.2) is 9.18 Å². The van der Waals surface area contributed by atoms with Gasteiger partial charge in [-0.05, 0) is 58.2 Å². The monoisotopic (exact) mass is 432 g/mol. The number of rotatable bonds is 5. The molecule has 0 aliphatic rings. The summed E-state index contributed by atoms with van der Waals surface area (Å²) in [5, 5.41) is 0. The minimum Gasteiger partial charge on any atom is -0.497 e. The van der Waals surface area contributed by atoms with Gasteiger partial charge in [0.1, 0.15) is 11.6 Å². The van der Waals surface area contributed by atoms with Crippen LogP contribution in [-0.2, 0) is 6.54 Å². The Morgan fingerprint density at radius 2 is 1.70 bits per heavy atom. The fourth-order valence-electron chi connectivity index (χ4n) is 2.86. The number of hydrogen-bond acceptors (Lipinski definition) is 3. The Kier molecular flexibility index (Phi) is 5.60. The van der Waals surface area contributed by atoms with Crippen LogP contribution in [0.25, 0.3) is 0 Å². The minimum absolute atomic E-state index is 0.282. The molecule has 3 rings (SSSR count). The molecule has 1 heterocycles. The van der Waals surface area contributed by atoms with Crippen molar-refractivity contribution in [2.45, 2.75) is 19.5 Å². The van der Waals surface area contributed by atoms with E-state index >= 15 is 0 Å². The lowest BCUT2D eigenvalue weighted by atomic mass is 10.1. The molecule has 140 valence electrons. The molecule has 1 aromatic heterocycles. The van der Waals surface area contributed by atoms with Gasteiger partial charge < -0.3 is 4.74 Å². The van der Waals surface area contributed by atoms with Crippen molar-refractivity contribution in [2.75, 3.05) is 7.11 Å². The lowest BCUT2D eigenvalue weighted by Crippen LogP contribution is -2.42. The molecule has 0 saturated carbocycles. The Labute approximate surface area is 163 Å². The molecule has 5 nitrogen and oxygen atoms in total. The molecule has 0 spiro atoms. The maximum atomic E-state index is 13.2. The van der Waals surface area contributed by atoms with E-state index in [9.17, 15) is 14.0 Å². The molecule has 2 aromatic carbocycles. The van der Waals surface area contributed by atoms with Crippen LogP contribution in [0.5, 0.6) is 5.75 Å². The molecular weight excluding hydrogens is 415 g/mol. The zero-order valence-corrected chi connectivity index (χ0v) is 16.4. The number of halogens is 2. The van der Waals surface area contributed by atoms with Crippen LogP contribution in [0, 0.1) is 5.82 Å². The lowest BCUT2D eigenvalue weighted by Gasteiger charge is -2.17. The molecule has 1 unspecified atom stereocenters. The van der Waals surface area contributed by atoms with Crippen LogP contribution in [0.15, 0.2) is 68.8 Å². The first-order valence-electron chi connectivity index (χ1n) is 8.30. The molecular formula is C20H18BrFN2O3. The summed E-state index contributed by atoms with van der Waals surface area (Å²) in [6.07, 6.45) is 1.49. The van der Waals surface area contributed by atoms with Gasteiger partial charge >= 0.3 is 5.69 Å². The normalized spacial score (nSPS) is 12.0. The van der Waals surface area contributed by atoms with Crippen molar-refractivity contribution in [3.63, 3.8) is 0 Å². The number of hydrogen-bond donors (Lipinski definition) is 0. The molecule has 27 heavy (non-hydrogen) atoms. The van der Waals surface area contributed by atoms with Crippen molar-refractivity contribution in [3.8, 4) is 5.75 Å². The van der Waals surface area contributed by atoms with Gasteiger partial charge in [0.2, 0.25) is 0 Å². The van der Waals surface area contributed by atoms with Crippen LogP contribution in [-0.4, -0.2) is 16.2 Å². The zero-order valence-electron chi connectivity index (χ0n) is 14.9. The molecule has 0 radical (unpaired) electrons. The van der Waals surface area contributed by atoms with Gasteiger partial charge in [-0.2, -0.15) is 0 Å². The quantitative estimate of drug-likeness (QED) is 0.618. The first-order chi connectivity index (χ1) is 12.9. The largest absolute Gasteiger partial charge is 0.497 e. The molecule has 0 N–H and O–H groups in total. The van der Waals surface area contributed by atoms with Gasteiger partial charge in [-0.15, -0.1) is 0 Å². The number of ether oxygens (including phenoxy) is 1. The lowest BCUT2D eigenvalue weighted by molar-refractivity contribution is 0.414. The van der Waals surface area contributed by atoms with E-state index < -0.39 is 17.3 Å². The summed E-state index contributed by atoms with van der Waals surface area (Å²) in [7, 11) is 1.59. The fourth-order valence-corrected chi connectivity index (χ4v) is 3.30. The highest BCUT2D eigenvalue weighted by Crippen LogP contribution is 2.17. The zero-order chi connectivity index (χ0) is 19.6. The summed E-state index contributed by atoms with van der Waals surface area (Å²) in [4.78, 5) is 25.5. The Morgan fingerprint density at radius 1 is 1.07 bits per heavy atom. The third kappa shape index (κ3) is 4.03. The van der Waals surface area contributed by atoms with Crippen LogP contribution >= 0.6 is 15.9 Å². The second-order valence-electron chi connectivity index (χ2n) is 6.14. The molecule has 0 aliphatic carbocycles. The summed E-state index contributed by atoms with van der Waals surface area (Å²) in [5.41, 5.74) is 0.702. The number of benzene rings is 2. The van der Waals surface area contributed by atoms with Gasteiger partial charge in [-0.3, -0.25) is 13.9 Å². The van der Waals surface area contributed by atoms with Gasteiger partial charge in [-0.1, -0.05) is 24.3 Å². The van der Waals surface area contributed by atoms with Crippen molar-refractivity contribution in [2.24, 2.45) is 0 Å². The second kappa shape index (κ2) is 7.92. The van der Waals surface area contributed by atoms with E-state index in [2.05, 4.69) is 15.9 Å². The Bertz CT molecular complexity index is 1060. The summed E-state index contributed by atoms with van der Waals surface area (Å²) < 4.78 is 21.2. The highest BCUT2D eigenvalue weighted by Gasteiger charge is 2.17. The highest BCUT2D eigenvalue weighted by atomic mass is 79.9. The standard InChI is InChI=1S/C20H18BrFN2O3/c1-13(15-5-7-16(22)8-6-15)24-19(25)18(21)12-23(20(24)26)11-14-3-9-17(27-2)10-4-14/h3-10,12-13H,11H2,1-2H3. The number of nitrogens with zero attached hydrogens (tertiary/aromatic N) is 2. The van der Waals surface area contributed by atoms with E-state index in [1.54, 1.807) is 26.2 Å². The van der Waals surface area contributed by atoms with Crippen LogP contribution in [0.4, 0.5) is 4.39 Å². The first-order valence-corrected chi connectivity index (χ1v) is 9.10. The third-order valence-corrected chi connectivity index (χ3v) is 4.94. The molecule has 3 aromatic rings. The van der Waals surface area contributed by atoms with E-state index in [1.807, 2.05) is 24.3 Å². The van der Waals surface area contributed by atoms with Crippen LogP contribution in [0.3, 0.4) is 0 Å². The van der Waals surface area contributed by atoms with Crippen LogP contribution in [0.1, 0.15) is 24.1 Å². The predicted octanol–water partition coefficient (Wildman–Crippen LogP) is 3.58. The minimum atomic E-state index is -0.537. The van der Waals surface area contributed by atoms with Crippen LogP contribution < -0.4 is 16.0 Å².